The summed E-state index contributed by atoms with van der Waals surface area (Å²) in [7, 11) is 0. The summed E-state index contributed by atoms with van der Waals surface area (Å²) in [5.74, 6) is -1.57. The summed E-state index contributed by atoms with van der Waals surface area (Å²) in [6.07, 6.45) is 3.10. The van der Waals surface area contributed by atoms with Crippen molar-refractivity contribution < 1.29 is 13.9 Å². The fraction of sp³-hybridized carbons (Fsp3) is 0.280. The van der Waals surface area contributed by atoms with E-state index in [1.165, 1.54) is 17.5 Å². The summed E-state index contributed by atoms with van der Waals surface area (Å²) in [6.45, 7) is 6.28. The number of rotatable bonds is 4. The number of hydrogen-bond acceptors (Lipinski definition) is 7. The average molecular weight is 499 g/mol. The van der Waals surface area contributed by atoms with Gasteiger partial charge in [-0.25, -0.2) is 9.37 Å². The number of hydrogen-bond donors (Lipinski definition) is 2. The highest BCUT2D eigenvalue weighted by atomic mass is 35.5. The minimum absolute atomic E-state index is 0.135. The predicted octanol–water partition coefficient (Wildman–Crippen LogP) is 5.78. The molecule has 0 spiro atoms. The van der Waals surface area contributed by atoms with Crippen LogP contribution >= 0.6 is 22.9 Å². The molecule has 2 atom stereocenters. The molecule has 1 aromatic carbocycles. The Bertz CT molecular complexity index is 1410. The number of benzene rings is 1. The van der Waals surface area contributed by atoms with Gasteiger partial charge in [0.25, 0.3) is 0 Å². The second-order valence-electron chi connectivity index (χ2n) is 9.02. The third-order valence-corrected chi connectivity index (χ3v) is 7.60. The van der Waals surface area contributed by atoms with Crippen LogP contribution in [0.3, 0.4) is 0 Å². The van der Waals surface area contributed by atoms with E-state index in [1.807, 2.05) is 57.2 Å². The van der Waals surface area contributed by atoms with Crippen LogP contribution in [0.15, 0.2) is 48.8 Å². The molecular weight excluding hydrogens is 475 g/mol. The summed E-state index contributed by atoms with van der Waals surface area (Å²) in [4.78, 5) is 9.14. The van der Waals surface area contributed by atoms with Crippen molar-refractivity contribution in [2.45, 2.75) is 38.2 Å². The molecule has 1 aliphatic rings. The van der Waals surface area contributed by atoms with Crippen LogP contribution in [0.1, 0.15) is 42.8 Å². The zero-order valence-corrected chi connectivity index (χ0v) is 20.5. The van der Waals surface area contributed by atoms with E-state index in [4.69, 9.17) is 32.5 Å². The van der Waals surface area contributed by atoms with Crippen molar-refractivity contribution in [1.82, 2.24) is 9.97 Å². The van der Waals surface area contributed by atoms with E-state index in [2.05, 4.69) is 9.97 Å². The lowest BCUT2D eigenvalue weighted by molar-refractivity contribution is -0.159. The SMILES string of the molecule is CC1(C)OCC(C)(c2ccnc(-c3cccc4cc(C(N)c5c(Cl)cnc(N)c5F)sc34)c2)O1. The first kappa shape index (κ1) is 23.1. The minimum atomic E-state index is -0.785. The highest BCUT2D eigenvalue weighted by Gasteiger charge is 2.43. The number of ether oxygens (including phenoxy) is 2. The Morgan fingerprint density at radius 2 is 1.97 bits per heavy atom. The summed E-state index contributed by atoms with van der Waals surface area (Å²) < 4.78 is 27.7. The lowest BCUT2D eigenvalue weighted by atomic mass is 9.96. The summed E-state index contributed by atoms with van der Waals surface area (Å²) in [5.41, 5.74) is 14.4. The maximum atomic E-state index is 14.7. The van der Waals surface area contributed by atoms with Gasteiger partial charge in [-0.2, -0.15) is 0 Å². The van der Waals surface area contributed by atoms with Gasteiger partial charge in [-0.05, 0) is 49.9 Å². The molecule has 0 aliphatic carbocycles. The maximum Gasteiger partial charge on any atom is 0.171 e. The van der Waals surface area contributed by atoms with E-state index in [9.17, 15) is 4.39 Å². The Hall–Kier alpha value is -2.62. The number of halogens is 2. The van der Waals surface area contributed by atoms with Crippen molar-refractivity contribution in [2.75, 3.05) is 12.3 Å². The molecule has 0 saturated carbocycles. The maximum absolute atomic E-state index is 14.7. The Labute approximate surface area is 205 Å². The fourth-order valence-corrected chi connectivity index (χ4v) is 5.77. The molecule has 5 rings (SSSR count). The van der Waals surface area contributed by atoms with Gasteiger partial charge in [0, 0.05) is 33.1 Å². The van der Waals surface area contributed by atoms with Gasteiger partial charge in [0.15, 0.2) is 17.4 Å². The van der Waals surface area contributed by atoms with Gasteiger partial charge >= 0.3 is 0 Å². The van der Waals surface area contributed by atoms with Gasteiger partial charge in [-0.15, -0.1) is 11.3 Å². The molecular formula is C25H24ClFN4O2S. The van der Waals surface area contributed by atoms with E-state index in [0.717, 1.165) is 31.8 Å². The summed E-state index contributed by atoms with van der Waals surface area (Å²) >= 11 is 7.69. The number of nitrogen functional groups attached to an aromatic ring is 1. The van der Waals surface area contributed by atoms with E-state index >= 15 is 0 Å². The monoisotopic (exact) mass is 498 g/mol. The molecule has 0 amide bonds. The molecule has 3 aromatic heterocycles. The molecule has 2 unspecified atom stereocenters. The van der Waals surface area contributed by atoms with Crippen LogP contribution in [0, 0.1) is 5.82 Å². The van der Waals surface area contributed by atoms with Gasteiger partial charge in [0.1, 0.15) is 5.60 Å². The standard InChI is InChI=1S/C25H24ClFN4O2S/c1-24(2)32-12-25(3,33-24)14-7-8-30-17(10-14)15-6-4-5-13-9-18(34-22(13)15)21(28)19-16(26)11-31-23(29)20(19)27/h4-11,21H,12,28H2,1-3H3,(H2,29,31). The van der Waals surface area contributed by atoms with E-state index in [1.54, 1.807) is 6.20 Å². The number of pyridine rings is 2. The molecule has 4 N–H and O–H groups in total. The minimum Gasteiger partial charge on any atom is -0.381 e. The third-order valence-electron chi connectivity index (χ3n) is 6.03. The van der Waals surface area contributed by atoms with Crippen molar-refractivity contribution in [1.29, 1.82) is 0 Å². The average Bonchev–Trinajstić information content (AvgIpc) is 3.37. The first-order valence-electron chi connectivity index (χ1n) is 10.8. The molecule has 6 nitrogen and oxygen atoms in total. The second kappa shape index (κ2) is 8.25. The lowest BCUT2D eigenvalue weighted by Crippen LogP contribution is -2.28. The van der Waals surface area contributed by atoms with E-state index in [0.29, 0.717) is 6.61 Å². The molecule has 9 heteroatoms. The van der Waals surface area contributed by atoms with Crippen LogP contribution in [0.4, 0.5) is 10.2 Å². The smallest absolute Gasteiger partial charge is 0.171 e. The fourth-order valence-electron chi connectivity index (χ4n) is 4.32. The van der Waals surface area contributed by atoms with E-state index in [-0.39, 0.29) is 16.4 Å². The van der Waals surface area contributed by atoms with Crippen LogP contribution in [0.5, 0.6) is 0 Å². The number of nitrogens with two attached hydrogens (primary N) is 2. The normalized spacial score (nSPS) is 20.6. The zero-order chi connectivity index (χ0) is 24.3. The molecule has 0 radical (unpaired) electrons. The van der Waals surface area contributed by atoms with Gasteiger partial charge in [0.2, 0.25) is 0 Å². The van der Waals surface area contributed by atoms with Crippen molar-refractivity contribution >= 4 is 38.8 Å². The first-order valence-corrected chi connectivity index (χ1v) is 12.0. The van der Waals surface area contributed by atoms with Crippen LogP contribution in [0.25, 0.3) is 21.3 Å². The molecule has 1 fully saturated rings. The lowest BCUT2D eigenvalue weighted by Gasteiger charge is -2.25. The van der Waals surface area contributed by atoms with Crippen molar-refractivity contribution in [3.05, 3.63) is 75.6 Å². The molecule has 1 saturated heterocycles. The number of fused-ring (bicyclic) bond motifs is 1. The number of anilines is 1. The summed E-state index contributed by atoms with van der Waals surface area (Å²) in [6, 6.07) is 11.1. The van der Waals surface area contributed by atoms with Gasteiger partial charge in [-0.1, -0.05) is 29.8 Å². The van der Waals surface area contributed by atoms with Gasteiger partial charge < -0.3 is 20.9 Å². The highest BCUT2D eigenvalue weighted by molar-refractivity contribution is 7.19. The van der Waals surface area contributed by atoms with Crippen molar-refractivity contribution in [3.8, 4) is 11.3 Å². The van der Waals surface area contributed by atoms with Gasteiger partial charge in [-0.3, -0.25) is 4.98 Å². The Morgan fingerprint density at radius 3 is 2.71 bits per heavy atom. The topological polar surface area (TPSA) is 96.3 Å². The molecule has 4 heterocycles. The Kier molecular flexibility index (Phi) is 5.61. The molecule has 176 valence electrons. The number of thiophene rings is 1. The van der Waals surface area contributed by atoms with Crippen LogP contribution in [0.2, 0.25) is 5.02 Å². The van der Waals surface area contributed by atoms with Crippen molar-refractivity contribution in [3.63, 3.8) is 0 Å². The molecule has 4 aromatic rings. The van der Waals surface area contributed by atoms with Crippen LogP contribution in [-0.4, -0.2) is 22.4 Å². The zero-order valence-electron chi connectivity index (χ0n) is 18.9. The molecule has 1 aliphatic heterocycles. The van der Waals surface area contributed by atoms with Crippen LogP contribution < -0.4 is 11.5 Å². The number of aromatic nitrogens is 2. The highest BCUT2D eigenvalue weighted by Crippen LogP contribution is 2.42. The van der Waals surface area contributed by atoms with Gasteiger partial charge in [0.05, 0.1) is 23.4 Å². The Morgan fingerprint density at radius 1 is 1.18 bits per heavy atom. The summed E-state index contributed by atoms with van der Waals surface area (Å²) in [5, 5.41) is 1.12. The van der Waals surface area contributed by atoms with Crippen molar-refractivity contribution in [2.24, 2.45) is 5.73 Å². The molecule has 0 bridgehead atoms. The van der Waals surface area contributed by atoms with Crippen LogP contribution in [-0.2, 0) is 15.1 Å². The predicted molar refractivity (Wildman–Crippen MR) is 133 cm³/mol. The van der Waals surface area contributed by atoms with E-state index < -0.39 is 23.2 Å². The molecule has 34 heavy (non-hydrogen) atoms. The second-order valence-corrected chi connectivity index (χ2v) is 10.5. The quantitative estimate of drug-likeness (QED) is 0.370. The number of nitrogens with zero attached hydrogens (tertiary/aromatic N) is 2. The third kappa shape index (κ3) is 3.95. The Balaban J connectivity index is 1.57. The largest absolute Gasteiger partial charge is 0.381 e. The first-order chi connectivity index (χ1) is 16.1.